The van der Waals surface area contributed by atoms with Crippen molar-refractivity contribution in [2.75, 3.05) is 19.5 Å². The molecule has 0 radical (unpaired) electrons. The van der Waals surface area contributed by atoms with E-state index in [4.69, 9.17) is 37.1 Å². The van der Waals surface area contributed by atoms with E-state index in [0.717, 1.165) is 0 Å². The summed E-state index contributed by atoms with van der Waals surface area (Å²) in [5.41, 5.74) is 0.852. The number of halogens is 2. The summed E-state index contributed by atoms with van der Waals surface area (Å²) in [6.45, 7) is 0. The van der Waals surface area contributed by atoms with Crippen LogP contribution in [0.3, 0.4) is 0 Å². The molecule has 0 unspecified atom stereocenters. The molecular weight excluding hydrogens is 381 g/mol. The number of amides is 1. The molecule has 3 rings (SSSR count). The first-order valence-electron chi connectivity index (χ1n) is 7.33. The maximum atomic E-state index is 12.3. The van der Waals surface area contributed by atoms with E-state index in [2.05, 4.69) is 15.5 Å². The van der Waals surface area contributed by atoms with Crippen LogP contribution in [-0.2, 0) is 0 Å². The van der Waals surface area contributed by atoms with E-state index in [1.807, 2.05) is 0 Å². The quantitative estimate of drug-likeness (QED) is 0.694. The molecule has 0 spiro atoms. The molecule has 2 aromatic carbocycles. The summed E-state index contributed by atoms with van der Waals surface area (Å²) in [4.78, 5) is 12.3. The highest BCUT2D eigenvalue weighted by Gasteiger charge is 2.15. The van der Waals surface area contributed by atoms with Crippen LogP contribution in [0.5, 0.6) is 11.5 Å². The van der Waals surface area contributed by atoms with Gasteiger partial charge in [-0.2, -0.15) is 0 Å². The molecule has 0 fully saturated rings. The average molecular weight is 394 g/mol. The van der Waals surface area contributed by atoms with Crippen molar-refractivity contribution in [3.63, 3.8) is 0 Å². The third-order valence-corrected chi connectivity index (χ3v) is 3.81. The first kappa shape index (κ1) is 18.0. The lowest BCUT2D eigenvalue weighted by Crippen LogP contribution is -2.12. The van der Waals surface area contributed by atoms with E-state index in [1.54, 1.807) is 18.2 Å². The summed E-state index contributed by atoms with van der Waals surface area (Å²) in [5.74, 6) is 0.850. The number of carbonyl (C=O) groups excluding carboxylic acids is 1. The highest BCUT2D eigenvalue weighted by molar-refractivity contribution is 6.35. The molecule has 26 heavy (non-hydrogen) atoms. The zero-order valence-electron chi connectivity index (χ0n) is 13.7. The molecule has 0 saturated carbocycles. The third-order valence-electron chi connectivity index (χ3n) is 3.37. The zero-order valence-corrected chi connectivity index (χ0v) is 15.3. The molecule has 1 N–H and O–H groups in total. The molecule has 0 aliphatic carbocycles. The lowest BCUT2D eigenvalue weighted by atomic mass is 10.2. The fourth-order valence-corrected chi connectivity index (χ4v) is 2.70. The van der Waals surface area contributed by atoms with Crippen LogP contribution in [0.4, 0.5) is 6.01 Å². The van der Waals surface area contributed by atoms with E-state index >= 15 is 0 Å². The lowest BCUT2D eigenvalue weighted by molar-refractivity contribution is 0.102. The topological polar surface area (TPSA) is 86.5 Å². The molecule has 7 nitrogen and oxygen atoms in total. The van der Waals surface area contributed by atoms with Gasteiger partial charge in [0.1, 0.15) is 11.5 Å². The Labute approximate surface area is 158 Å². The number of methoxy groups -OCH3 is 2. The van der Waals surface area contributed by atoms with E-state index in [0.29, 0.717) is 27.1 Å². The van der Waals surface area contributed by atoms with E-state index < -0.39 is 5.91 Å². The van der Waals surface area contributed by atoms with Gasteiger partial charge in [-0.15, -0.1) is 5.10 Å². The first-order chi connectivity index (χ1) is 12.5. The zero-order chi connectivity index (χ0) is 18.7. The van der Waals surface area contributed by atoms with E-state index in [9.17, 15) is 4.79 Å². The molecule has 9 heteroatoms. The maximum absolute atomic E-state index is 12.3. The Balaban J connectivity index is 1.83. The van der Waals surface area contributed by atoms with Crippen molar-refractivity contribution >= 4 is 35.1 Å². The third kappa shape index (κ3) is 4.07. The Hall–Kier alpha value is -2.77. The summed E-state index contributed by atoms with van der Waals surface area (Å²) in [7, 11) is 3.07. The molecule has 134 valence electrons. The summed E-state index contributed by atoms with van der Waals surface area (Å²) in [6.07, 6.45) is 0. The number of hydrogen-bond acceptors (Lipinski definition) is 6. The largest absolute Gasteiger partial charge is 0.497 e. The van der Waals surface area contributed by atoms with Crippen LogP contribution in [-0.4, -0.2) is 30.3 Å². The van der Waals surface area contributed by atoms with Gasteiger partial charge < -0.3 is 13.9 Å². The van der Waals surface area contributed by atoms with Crippen LogP contribution in [0.2, 0.25) is 10.0 Å². The number of carbonyl (C=O) groups is 1. The summed E-state index contributed by atoms with van der Waals surface area (Å²) in [5, 5.41) is 10.9. The number of rotatable bonds is 5. The first-order valence-corrected chi connectivity index (χ1v) is 8.08. The number of nitrogens with zero attached hydrogens (tertiary/aromatic N) is 2. The molecular formula is C17H13Cl2N3O4. The standard InChI is InChI=1S/C17H13Cl2N3O4/c1-24-13-5-10(6-14(8-13)25-2)16-21-22-17(26-16)20-15(23)9-3-11(18)7-12(19)4-9/h3-8H,1-2H3,(H,20,22,23). The molecule has 0 aliphatic rings. The highest BCUT2D eigenvalue weighted by Crippen LogP contribution is 2.29. The van der Waals surface area contributed by atoms with Crippen LogP contribution in [0.1, 0.15) is 10.4 Å². The maximum Gasteiger partial charge on any atom is 0.322 e. The van der Waals surface area contributed by atoms with Crippen molar-refractivity contribution in [2.24, 2.45) is 0 Å². The van der Waals surface area contributed by atoms with Crippen LogP contribution < -0.4 is 14.8 Å². The van der Waals surface area contributed by atoms with Crippen LogP contribution in [0, 0.1) is 0 Å². The summed E-state index contributed by atoms with van der Waals surface area (Å²) < 4.78 is 15.9. The predicted octanol–water partition coefficient (Wildman–Crippen LogP) is 4.31. The fraction of sp³-hybridized carbons (Fsp3) is 0.118. The monoisotopic (exact) mass is 393 g/mol. The normalized spacial score (nSPS) is 10.5. The van der Waals surface area contributed by atoms with Gasteiger partial charge >= 0.3 is 6.01 Å². The summed E-state index contributed by atoms with van der Waals surface area (Å²) in [6, 6.07) is 9.55. The van der Waals surface area contributed by atoms with Gasteiger partial charge in [0.2, 0.25) is 5.89 Å². The van der Waals surface area contributed by atoms with Crippen molar-refractivity contribution in [1.82, 2.24) is 10.2 Å². The number of ether oxygens (including phenoxy) is 2. The average Bonchev–Trinajstić information content (AvgIpc) is 3.09. The van der Waals surface area contributed by atoms with E-state index in [-0.39, 0.29) is 17.5 Å². The van der Waals surface area contributed by atoms with Gasteiger partial charge in [0.05, 0.1) is 14.2 Å². The van der Waals surface area contributed by atoms with Gasteiger partial charge in [0.15, 0.2) is 0 Å². The van der Waals surface area contributed by atoms with Gasteiger partial charge in [0, 0.05) is 27.2 Å². The van der Waals surface area contributed by atoms with Crippen molar-refractivity contribution in [1.29, 1.82) is 0 Å². The van der Waals surface area contributed by atoms with Gasteiger partial charge in [0.25, 0.3) is 5.91 Å². The van der Waals surface area contributed by atoms with Gasteiger partial charge in [-0.1, -0.05) is 28.3 Å². The molecule has 1 amide bonds. The highest BCUT2D eigenvalue weighted by atomic mass is 35.5. The second kappa shape index (κ2) is 7.63. The smallest absolute Gasteiger partial charge is 0.322 e. The van der Waals surface area contributed by atoms with Crippen LogP contribution in [0.25, 0.3) is 11.5 Å². The van der Waals surface area contributed by atoms with Crippen LogP contribution >= 0.6 is 23.2 Å². The summed E-state index contributed by atoms with van der Waals surface area (Å²) >= 11 is 11.8. The molecule has 1 aromatic heterocycles. The Morgan fingerprint density at radius 3 is 2.15 bits per heavy atom. The second-order valence-electron chi connectivity index (χ2n) is 5.13. The van der Waals surface area contributed by atoms with Gasteiger partial charge in [-0.3, -0.25) is 10.1 Å². The lowest BCUT2D eigenvalue weighted by Gasteiger charge is -2.05. The Morgan fingerprint density at radius 2 is 1.58 bits per heavy atom. The number of aromatic nitrogens is 2. The fourth-order valence-electron chi connectivity index (χ4n) is 2.18. The van der Waals surface area contributed by atoms with Gasteiger partial charge in [-0.05, 0) is 30.3 Å². The molecule has 1 heterocycles. The molecule has 3 aromatic rings. The predicted molar refractivity (Wildman–Crippen MR) is 97.3 cm³/mol. The number of benzene rings is 2. The van der Waals surface area contributed by atoms with E-state index in [1.165, 1.54) is 32.4 Å². The minimum Gasteiger partial charge on any atom is -0.497 e. The minimum atomic E-state index is -0.479. The van der Waals surface area contributed by atoms with Crippen molar-refractivity contribution in [3.05, 3.63) is 52.0 Å². The molecule has 0 saturated heterocycles. The van der Waals surface area contributed by atoms with Crippen molar-refractivity contribution in [2.45, 2.75) is 0 Å². The Morgan fingerprint density at radius 1 is 0.962 bits per heavy atom. The van der Waals surface area contributed by atoms with Gasteiger partial charge in [-0.25, -0.2) is 0 Å². The Kier molecular flexibility index (Phi) is 5.29. The van der Waals surface area contributed by atoms with Crippen molar-refractivity contribution < 1.29 is 18.7 Å². The minimum absolute atomic E-state index is 0.0668. The molecule has 0 atom stereocenters. The molecule has 0 bridgehead atoms. The number of anilines is 1. The second-order valence-corrected chi connectivity index (χ2v) is 6.00. The number of hydrogen-bond donors (Lipinski definition) is 1. The van der Waals surface area contributed by atoms with Crippen LogP contribution in [0.15, 0.2) is 40.8 Å². The SMILES string of the molecule is COc1cc(OC)cc(-c2nnc(NC(=O)c3cc(Cl)cc(Cl)c3)o2)c1. The Bertz CT molecular complexity index is 916. The number of nitrogens with one attached hydrogen (secondary N) is 1. The molecule has 0 aliphatic heterocycles. The van der Waals surface area contributed by atoms with Crippen molar-refractivity contribution in [3.8, 4) is 23.0 Å².